The minimum Gasteiger partial charge on any atom is -0.466 e. The average molecular weight is 413 g/mol. The zero-order chi connectivity index (χ0) is 21.0. The number of hydrogen-bond acceptors (Lipinski definition) is 6. The lowest BCUT2D eigenvalue weighted by Gasteiger charge is -2.41. The predicted octanol–water partition coefficient (Wildman–Crippen LogP) is 3.87. The third-order valence-corrected chi connectivity index (χ3v) is 6.40. The van der Waals surface area contributed by atoms with Crippen LogP contribution in [0.3, 0.4) is 0 Å². The highest BCUT2D eigenvalue weighted by molar-refractivity contribution is 5.78. The average Bonchev–Trinajstić information content (AvgIpc) is 3.41. The Balaban J connectivity index is 1.53. The quantitative estimate of drug-likeness (QED) is 0.643. The van der Waals surface area contributed by atoms with E-state index in [0.717, 1.165) is 68.1 Å². The highest BCUT2D eigenvalue weighted by Gasteiger charge is 2.45. The van der Waals surface area contributed by atoms with Gasteiger partial charge in [-0.2, -0.15) is 0 Å². The van der Waals surface area contributed by atoms with E-state index in [1.54, 1.807) is 0 Å². The van der Waals surface area contributed by atoms with E-state index in [1.165, 1.54) is 0 Å². The molecule has 2 aliphatic rings. The number of carbonyl (C=O) groups excluding carboxylic acids is 1. The van der Waals surface area contributed by atoms with Crippen LogP contribution in [0.25, 0.3) is 11.3 Å². The maximum Gasteiger partial charge on any atom is 0.313 e. The van der Waals surface area contributed by atoms with Crippen LogP contribution in [0.1, 0.15) is 37.5 Å². The number of hydrogen-bond donors (Lipinski definition) is 0. The van der Waals surface area contributed by atoms with Gasteiger partial charge in [-0.25, -0.2) is 0 Å². The number of piperidine rings is 1. The maximum atomic E-state index is 13.1. The first kappa shape index (κ1) is 21.1. The fourth-order valence-electron chi connectivity index (χ4n) is 4.86. The number of rotatable bonds is 7. The lowest BCUT2D eigenvalue weighted by atomic mass is 9.76. The van der Waals surface area contributed by atoms with Gasteiger partial charge in [0, 0.05) is 37.7 Å². The Hall–Kier alpha value is -2.18. The molecule has 0 amide bonds. The molecule has 2 aromatic rings. The number of ether oxygens (including phenoxy) is 2. The molecule has 0 unspecified atom stereocenters. The fourth-order valence-corrected chi connectivity index (χ4v) is 4.86. The van der Waals surface area contributed by atoms with Crippen LogP contribution in [0.5, 0.6) is 0 Å². The number of carbonyl (C=O) groups is 1. The van der Waals surface area contributed by atoms with E-state index in [2.05, 4.69) is 23.0 Å². The summed E-state index contributed by atoms with van der Waals surface area (Å²) in [5.41, 5.74) is 2.44. The molecule has 0 radical (unpaired) electrons. The first-order valence-electron chi connectivity index (χ1n) is 11.1. The highest BCUT2D eigenvalue weighted by Crippen LogP contribution is 2.37. The summed E-state index contributed by atoms with van der Waals surface area (Å²) in [6, 6.07) is 10.1. The molecule has 2 aliphatic heterocycles. The predicted molar refractivity (Wildman–Crippen MR) is 114 cm³/mol. The number of aryl methyl sites for hydroxylation is 1. The van der Waals surface area contributed by atoms with Crippen molar-refractivity contribution in [3.8, 4) is 11.3 Å². The van der Waals surface area contributed by atoms with Gasteiger partial charge in [-0.05, 0) is 51.1 Å². The van der Waals surface area contributed by atoms with E-state index in [1.807, 2.05) is 31.2 Å². The van der Waals surface area contributed by atoms with Crippen LogP contribution in [-0.4, -0.2) is 55.5 Å². The number of likely N-dealkylation sites (tertiary alicyclic amines) is 1. The molecular formula is C24H32N2O4. The van der Waals surface area contributed by atoms with Crippen molar-refractivity contribution in [3.63, 3.8) is 0 Å². The lowest BCUT2D eigenvalue weighted by Crippen LogP contribution is -2.50. The Kier molecular flexibility index (Phi) is 6.54. The maximum absolute atomic E-state index is 13.1. The Morgan fingerprint density at radius 2 is 2.23 bits per heavy atom. The van der Waals surface area contributed by atoms with Crippen LogP contribution in [0.4, 0.5) is 0 Å². The summed E-state index contributed by atoms with van der Waals surface area (Å²) < 4.78 is 16.8. The smallest absolute Gasteiger partial charge is 0.313 e. The molecule has 2 fully saturated rings. The van der Waals surface area contributed by atoms with Crippen molar-refractivity contribution < 1.29 is 18.8 Å². The van der Waals surface area contributed by atoms with Gasteiger partial charge in [0.2, 0.25) is 0 Å². The molecule has 0 N–H and O–H groups in total. The molecular weight excluding hydrogens is 380 g/mol. The molecule has 1 aromatic carbocycles. The summed E-state index contributed by atoms with van der Waals surface area (Å²) in [6.45, 7) is 8.69. The molecule has 6 nitrogen and oxygen atoms in total. The van der Waals surface area contributed by atoms with Crippen LogP contribution in [0.2, 0.25) is 0 Å². The number of esters is 1. The molecule has 30 heavy (non-hydrogen) atoms. The summed E-state index contributed by atoms with van der Waals surface area (Å²) in [5, 5.41) is 4.29. The van der Waals surface area contributed by atoms with Crippen molar-refractivity contribution in [3.05, 3.63) is 41.7 Å². The largest absolute Gasteiger partial charge is 0.466 e. The molecule has 2 atom stereocenters. The van der Waals surface area contributed by atoms with Gasteiger partial charge < -0.3 is 18.9 Å². The summed E-state index contributed by atoms with van der Waals surface area (Å²) in [5.74, 6) is 1.18. The van der Waals surface area contributed by atoms with Crippen molar-refractivity contribution >= 4 is 5.97 Å². The second-order valence-corrected chi connectivity index (χ2v) is 8.74. The third-order valence-electron chi connectivity index (χ3n) is 6.40. The second kappa shape index (κ2) is 9.31. The van der Waals surface area contributed by atoms with Crippen molar-refractivity contribution in [2.24, 2.45) is 11.3 Å². The summed E-state index contributed by atoms with van der Waals surface area (Å²) in [7, 11) is 0. The van der Waals surface area contributed by atoms with E-state index in [4.69, 9.17) is 14.0 Å². The van der Waals surface area contributed by atoms with Gasteiger partial charge in [0.1, 0.15) is 11.5 Å². The SMILES string of the molecule is CCOC(=O)[C@]1(Cc2cc(-c3ccccc3C)no2)CCCN(C[C@@H]2CCOC2)C1. The second-order valence-electron chi connectivity index (χ2n) is 8.74. The zero-order valence-electron chi connectivity index (χ0n) is 18.1. The van der Waals surface area contributed by atoms with Gasteiger partial charge in [0.15, 0.2) is 0 Å². The minimum atomic E-state index is -0.587. The number of benzene rings is 1. The lowest BCUT2D eigenvalue weighted by molar-refractivity contribution is -0.159. The summed E-state index contributed by atoms with van der Waals surface area (Å²) in [4.78, 5) is 15.5. The van der Waals surface area contributed by atoms with Gasteiger partial charge in [-0.15, -0.1) is 0 Å². The fraction of sp³-hybridized carbons (Fsp3) is 0.583. The Morgan fingerprint density at radius 1 is 1.37 bits per heavy atom. The molecule has 4 rings (SSSR count). The van der Waals surface area contributed by atoms with Crippen molar-refractivity contribution in [2.45, 2.75) is 39.5 Å². The van der Waals surface area contributed by atoms with Gasteiger partial charge in [0.05, 0.1) is 18.6 Å². The van der Waals surface area contributed by atoms with E-state index >= 15 is 0 Å². The normalized spacial score (nSPS) is 24.8. The Morgan fingerprint density at radius 3 is 3.00 bits per heavy atom. The summed E-state index contributed by atoms with van der Waals surface area (Å²) >= 11 is 0. The standard InChI is InChI=1S/C24H32N2O4/c1-3-29-23(27)24(10-6-11-26(17-24)15-19-9-12-28-16-19)14-20-13-22(25-30-20)21-8-5-4-7-18(21)2/h4-5,7-8,13,19H,3,6,9-12,14-17H2,1-2H3/t19-,24-/m0/s1. The van der Waals surface area contributed by atoms with E-state index in [-0.39, 0.29) is 5.97 Å². The monoisotopic (exact) mass is 412 g/mol. The van der Waals surface area contributed by atoms with Crippen LogP contribution < -0.4 is 0 Å². The molecule has 3 heterocycles. The zero-order valence-corrected chi connectivity index (χ0v) is 18.1. The molecule has 6 heteroatoms. The highest BCUT2D eigenvalue weighted by atomic mass is 16.5. The Bertz CT molecular complexity index is 858. The van der Waals surface area contributed by atoms with Crippen molar-refractivity contribution in [1.29, 1.82) is 0 Å². The first-order chi connectivity index (χ1) is 14.6. The van der Waals surface area contributed by atoms with Crippen molar-refractivity contribution in [2.75, 3.05) is 39.5 Å². The number of aromatic nitrogens is 1. The molecule has 162 valence electrons. The van der Waals surface area contributed by atoms with Crippen LogP contribution in [0, 0.1) is 18.3 Å². The van der Waals surface area contributed by atoms with Crippen molar-refractivity contribution in [1.82, 2.24) is 10.1 Å². The molecule has 2 saturated heterocycles. The molecule has 0 saturated carbocycles. The van der Waals surface area contributed by atoms with E-state index in [9.17, 15) is 4.79 Å². The van der Waals surface area contributed by atoms with Gasteiger partial charge >= 0.3 is 5.97 Å². The minimum absolute atomic E-state index is 0.119. The summed E-state index contributed by atoms with van der Waals surface area (Å²) in [6.07, 6.45) is 3.41. The number of nitrogens with zero attached hydrogens (tertiary/aromatic N) is 2. The molecule has 0 spiro atoms. The topological polar surface area (TPSA) is 64.8 Å². The molecule has 0 aliphatic carbocycles. The third kappa shape index (κ3) is 4.60. The van der Waals surface area contributed by atoms with E-state index < -0.39 is 5.41 Å². The van der Waals surface area contributed by atoms with Gasteiger partial charge in [0.25, 0.3) is 0 Å². The first-order valence-corrected chi connectivity index (χ1v) is 11.1. The molecule has 0 bridgehead atoms. The van der Waals surface area contributed by atoms with Gasteiger partial charge in [-0.1, -0.05) is 29.4 Å². The Labute approximate surface area is 178 Å². The van der Waals surface area contributed by atoms with E-state index in [0.29, 0.717) is 25.5 Å². The molecule has 1 aromatic heterocycles. The van der Waals surface area contributed by atoms with Gasteiger partial charge in [-0.3, -0.25) is 4.79 Å². The van der Waals surface area contributed by atoms with Crippen LogP contribution in [0.15, 0.2) is 34.9 Å². The van der Waals surface area contributed by atoms with Crippen LogP contribution >= 0.6 is 0 Å². The van der Waals surface area contributed by atoms with Crippen LogP contribution in [-0.2, 0) is 20.7 Å².